The molecule has 1 fully saturated rings. The number of benzene rings is 2. The van der Waals surface area contributed by atoms with E-state index in [2.05, 4.69) is 15.2 Å². The lowest BCUT2D eigenvalue weighted by Gasteiger charge is -2.31. The molecule has 0 aliphatic carbocycles. The predicted octanol–water partition coefficient (Wildman–Crippen LogP) is 3.80. The monoisotopic (exact) mass is 496 g/mol. The number of carbonyl (C=O) groups is 1. The number of thioether (sulfide) groups is 1. The lowest BCUT2D eigenvalue weighted by Crippen LogP contribution is -2.47. The van der Waals surface area contributed by atoms with Gasteiger partial charge in [0, 0.05) is 43.6 Å². The highest BCUT2D eigenvalue weighted by Crippen LogP contribution is 2.29. The van der Waals surface area contributed by atoms with Crippen molar-refractivity contribution in [1.82, 2.24) is 14.2 Å². The Morgan fingerprint density at radius 3 is 2.32 bits per heavy atom. The van der Waals surface area contributed by atoms with Gasteiger partial charge in [0.2, 0.25) is 15.9 Å². The first-order valence-electron chi connectivity index (χ1n) is 11.1. The molecule has 0 unspecified atom stereocenters. The van der Waals surface area contributed by atoms with Gasteiger partial charge in [-0.25, -0.2) is 13.4 Å². The van der Waals surface area contributed by atoms with Crippen LogP contribution in [-0.2, 0) is 14.8 Å². The fourth-order valence-corrected chi connectivity index (χ4v) is 5.85. The molecule has 1 N–H and O–H groups in total. The number of carbonyl (C=O) groups excluding carboxylic acids is 1. The van der Waals surface area contributed by atoms with Gasteiger partial charge in [-0.3, -0.25) is 4.79 Å². The summed E-state index contributed by atoms with van der Waals surface area (Å²) in [5.41, 5.74) is 2.72. The van der Waals surface area contributed by atoms with Crippen LogP contribution < -0.4 is 5.32 Å². The molecule has 0 spiro atoms. The molecule has 1 atom stereocenters. The zero-order valence-electron chi connectivity index (χ0n) is 19.2. The highest BCUT2D eigenvalue weighted by Gasteiger charge is 2.28. The highest BCUT2D eigenvalue weighted by atomic mass is 32.2. The Morgan fingerprint density at radius 2 is 1.65 bits per heavy atom. The third-order valence-electron chi connectivity index (χ3n) is 5.75. The number of amides is 1. The molecule has 0 bridgehead atoms. The van der Waals surface area contributed by atoms with E-state index in [1.807, 2.05) is 68.6 Å². The van der Waals surface area contributed by atoms with E-state index in [4.69, 9.17) is 0 Å². The molecule has 1 aliphatic rings. The summed E-state index contributed by atoms with van der Waals surface area (Å²) in [5, 5.41) is 3.19. The first-order valence-corrected chi connectivity index (χ1v) is 13.4. The number of anilines is 1. The van der Waals surface area contributed by atoms with E-state index >= 15 is 0 Å². The van der Waals surface area contributed by atoms with Crippen molar-refractivity contribution in [3.8, 4) is 11.1 Å². The fraction of sp³-hybridized carbons (Fsp3) is 0.280. The van der Waals surface area contributed by atoms with E-state index in [1.54, 1.807) is 12.1 Å². The molecule has 178 valence electrons. The normalized spacial score (nSPS) is 16.2. The summed E-state index contributed by atoms with van der Waals surface area (Å²) in [6.07, 6.45) is 1.38. The van der Waals surface area contributed by atoms with Crippen molar-refractivity contribution >= 4 is 33.4 Å². The predicted molar refractivity (Wildman–Crippen MR) is 136 cm³/mol. The highest BCUT2D eigenvalue weighted by molar-refractivity contribution is 8.00. The summed E-state index contributed by atoms with van der Waals surface area (Å²) in [6.45, 7) is 4.16. The first kappa shape index (κ1) is 24.4. The maximum absolute atomic E-state index is 12.9. The van der Waals surface area contributed by atoms with Crippen molar-refractivity contribution in [2.45, 2.75) is 22.1 Å². The van der Waals surface area contributed by atoms with Crippen LogP contribution in [0.15, 0.2) is 82.8 Å². The van der Waals surface area contributed by atoms with Gasteiger partial charge in [0.05, 0.1) is 10.3 Å². The maximum Gasteiger partial charge on any atom is 0.244 e. The summed E-state index contributed by atoms with van der Waals surface area (Å²) < 4.78 is 27.3. The second-order valence-corrected chi connectivity index (χ2v) is 11.5. The summed E-state index contributed by atoms with van der Waals surface area (Å²) in [6, 6.07) is 20.8. The maximum atomic E-state index is 12.9. The molecule has 4 rings (SSSR count). The van der Waals surface area contributed by atoms with Crippen LogP contribution in [0, 0.1) is 0 Å². The lowest BCUT2D eigenvalue weighted by atomic mass is 10.0. The molecule has 1 aliphatic heterocycles. The van der Waals surface area contributed by atoms with Gasteiger partial charge in [0.1, 0.15) is 4.90 Å². The lowest BCUT2D eigenvalue weighted by molar-refractivity contribution is -0.115. The number of aromatic nitrogens is 1. The van der Waals surface area contributed by atoms with Crippen molar-refractivity contribution in [2.75, 3.05) is 38.5 Å². The number of rotatable bonds is 7. The Labute approximate surface area is 205 Å². The zero-order chi connectivity index (χ0) is 24.1. The Hall–Kier alpha value is -2.72. The topological polar surface area (TPSA) is 82.6 Å². The van der Waals surface area contributed by atoms with E-state index in [0.29, 0.717) is 31.2 Å². The van der Waals surface area contributed by atoms with Crippen LogP contribution in [0.4, 0.5) is 5.69 Å². The van der Waals surface area contributed by atoms with Gasteiger partial charge < -0.3 is 10.2 Å². The quantitative estimate of drug-likeness (QED) is 0.501. The third kappa shape index (κ3) is 5.67. The van der Waals surface area contributed by atoms with Crippen molar-refractivity contribution in [3.05, 3.63) is 72.9 Å². The van der Waals surface area contributed by atoms with Crippen LogP contribution in [0.25, 0.3) is 11.1 Å². The molecule has 7 nitrogen and oxygen atoms in total. The van der Waals surface area contributed by atoms with Gasteiger partial charge in [0.25, 0.3) is 0 Å². The first-order chi connectivity index (χ1) is 16.3. The zero-order valence-corrected chi connectivity index (χ0v) is 20.8. The number of piperazine rings is 1. The van der Waals surface area contributed by atoms with Crippen LogP contribution in [-0.4, -0.2) is 67.0 Å². The molecule has 2 heterocycles. The van der Waals surface area contributed by atoms with Gasteiger partial charge in [0.15, 0.2) is 0 Å². The Morgan fingerprint density at radius 1 is 0.971 bits per heavy atom. The van der Waals surface area contributed by atoms with Gasteiger partial charge in [-0.2, -0.15) is 4.31 Å². The van der Waals surface area contributed by atoms with Crippen molar-refractivity contribution in [3.63, 3.8) is 0 Å². The average molecular weight is 497 g/mol. The van der Waals surface area contributed by atoms with Crippen LogP contribution in [0.3, 0.4) is 0 Å². The molecular weight excluding hydrogens is 468 g/mol. The number of para-hydroxylation sites is 1. The number of nitrogens with one attached hydrogen (secondary N) is 1. The summed E-state index contributed by atoms with van der Waals surface area (Å²) >= 11 is 1.29. The van der Waals surface area contributed by atoms with Crippen LogP contribution in [0.2, 0.25) is 0 Å². The number of likely N-dealkylation sites (N-methyl/N-ethyl adjacent to an activating group) is 1. The standard InChI is InChI=1S/C25H28N4O3S2/c1-19(25(30)27-23-11-7-6-10-22(23)20-8-4-3-5-9-20)33-24-13-12-21(18-26-24)34(31,32)29-16-14-28(2)15-17-29/h3-13,18-19H,14-17H2,1-2H3,(H,27,30)/t19-/m0/s1. The third-order valence-corrected chi connectivity index (χ3v) is 8.68. The molecule has 1 aromatic heterocycles. The molecule has 1 amide bonds. The summed E-state index contributed by atoms with van der Waals surface area (Å²) in [5.74, 6) is -0.149. The second kappa shape index (κ2) is 10.7. The SMILES string of the molecule is C[C@H](Sc1ccc(S(=O)(=O)N2CCN(C)CC2)cn1)C(=O)Nc1ccccc1-c1ccccc1. The number of nitrogens with zero attached hydrogens (tertiary/aromatic N) is 3. The number of sulfonamides is 1. The molecule has 34 heavy (non-hydrogen) atoms. The van der Waals surface area contributed by atoms with Crippen molar-refractivity contribution < 1.29 is 13.2 Å². The smallest absolute Gasteiger partial charge is 0.244 e. The van der Waals surface area contributed by atoms with E-state index in [0.717, 1.165) is 16.8 Å². The Kier molecular flexibility index (Phi) is 7.67. The van der Waals surface area contributed by atoms with Crippen molar-refractivity contribution in [2.24, 2.45) is 0 Å². The molecular formula is C25H28N4O3S2. The Bertz CT molecular complexity index is 1230. The summed E-state index contributed by atoms with van der Waals surface area (Å²) in [7, 11) is -1.58. The number of pyridine rings is 1. The van der Waals surface area contributed by atoms with Gasteiger partial charge in [-0.1, -0.05) is 60.3 Å². The number of hydrogen-bond donors (Lipinski definition) is 1. The molecule has 2 aromatic carbocycles. The molecule has 1 saturated heterocycles. The molecule has 0 saturated carbocycles. The van der Waals surface area contributed by atoms with Gasteiger partial charge in [-0.15, -0.1) is 0 Å². The van der Waals surface area contributed by atoms with E-state index in [-0.39, 0.29) is 10.8 Å². The van der Waals surface area contributed by atoms with Gasteiger partial charge >= 0.3 is 0 Å². The minimum Gasteiger partial charge on any atom is -0.325 e. The minimum atomic E-state index is -3.56. The number of hydrogen-bond acceptors (Lipinski definition) is 6. The second-order valence-electron chi connectivity index (χ2n) is 8.20. The molecule has 3 aromatic rings. The van der Waals surface area contributed by atoms with E-state index in [9.17, 15) is 13.2 Å². The van der Waals surface area contributed by atoms with E-state index < -0.39 is 15.3 Å². The molecule has 9 heteroatoms. The Balaban J connectivity index is 1.41. The average Bonchev–Trinajstić information content (AvgIpc) is 2.85. The van der Waals surface area contributed by atoms with Crippen molar-refractivity contribution in [1.29, 1.82) is 0 Å². The largest absolute Gasteiger partial charge is 0.325 e. The van der Waals surface area contributed by atoms with Crippen LogP contribution in [0.5, 0.6) is 0 Å². The fourth-order valence-electron chi connectivity index (χ4n) is 3.70. The van der Waals surface area contributed by atoms with Gasteiger partial charge in [-0.05, 0) is 37.7 Å². The van der Waals surface area contributed by atoms with E-state index in [1.165, 1.54) is 22.3 Å². The molecule has 0 radical (unpaired) electrons. The van der Waals surface area contributed by atoms with Crippen LogP contribution in [0.1, 0.15) is 6.92 Å². The summed E-state index contributed by atoms with van der Waals surface area (Å²) in [4.78, 5) is 19.5. The minimum absolute atomic E-state index is 0.149. The van der Waals surface area contributed by atoms with Crippen LogP contribution >= 0.6 is 11.8 Å².